The average molecular weight is 244 g/mol. The van der Waals surface area contributed by atoms with E-state index in [2.05, 4.69) is 15.1 Å². The molecule has 1 N–H and O–H groups in total. The van der Waals surface area contributed by atoms with Gasteiger partial charge < -0.3 is 9.52 Å². The summed E-state index contributed by atoms with van der Waals surface area (Å²) < 4.78 is 6.58. The van der Waals surface area contributed by atoms with Crippen LogP contribution in [0.25, 0.3) is 22.8 Å². The van der Waals surface area contributed by atoms with E-state index in [0.717, 1.165) is 0 Å². The minimum atomic E-state index is -0.217. The first-order valence-electron chi connectivity index (χ1n) is 5.14. The van der Waals surface area contributed by atoms with Gasteiger partial charge in [0.05, 0.1) is 6.20 Å². The maximum absolute atomic E-state index is 11.2. The Morgan fingerprint density at radius 1 is 1.39 bits per heavy atom. The van der Waals surface area contributed by atoms with Gasteiger partial charge in [-0.3, -0.25) is 4.79 Å². The van der Waals surface area contributed by atoms with Crippen LogP contribution in [-0.4, -0.2) is 24.9 Å². The summed E-state index contributed by atoms with van der Waals surface area (Å²) in [6.07, 6.45) is 1.27. The summed E-state index contributed by atoms with van der Waals surface area (Å²) in [6, 6.07) is 4.34. The highest BCUT2D eigenvalue weighted by Gasteiger charge is 2.11. The molecule has 7 heteroatoms. The van der Waals surface area contributed by atoms with Crippen LogP contribution < -0.4 is 5.56 Å². The summed E-state index contributed by atoms with van der Waals surface area (Å²) in [7, 11) is 1.54. The Morgan fingerprint density at radius 2 is 2.22 bits per heavy atom. The number of aromatic hydroxyl groups is 1. The second-order valence-corrected chi connectivity index (χ2v) is 3.72. The smallest absolute Gasteiger partial charge is 0.266 e. The Hall–Kier alpha value is -2.70. The lowest BCUT2D eigenvalue weighted by molar-refractivity contribution is 0.473. The van der Waals surface area contributed by atoms with Crippen molar-refractivity contribution < 1.29 is 9.52 Å². The molecule has 0 aliphatic carbocycles. The fraction of sp³-hybridized carbons (Fsp3) is 0.0909. The lowest BCUT2D eigenvalue weighted by Crippen LogP contribution is -2.18. The number of hydrogen-bond acceptors (Lipinski definition) is 6. The monoisotopic (exact) mass is 244 g/mol. The molecule has 0 aromatic carbocycles. The van der Waals surface area contributed by atoms with Gasteiger partial charge in [0, 0.05) is 19.2 Å². The van der Waals surface area contributed by atoms with Crippen LogP contribution in [-0.2, 0) is 7.05 Å². The van der Waals surface area contributed by atoms with Crippen LogP contribution >= 0.6 is 0 Å². The molecule has 3 aromatic rings. The van der Waals surface area contributed by atoms with Crippen LogP contribution in [0.1, 0.15) is 0 Å². The van der Waals surface area contributed by atoms with Crippen molar-refractivity contribution in [1.29, 1.82) is 0 Å². The van der Waals surface area contributed by atoms with Crippen molar-refractivity contribution in [3.63, 3.8) is 0 Å². The van der Waals surface area contributed by atoms with E-state index in [-0.39, 0.29) is 17.2 Å². The largest absolute Gasteiger partial charge is 0.506 e. The highest BCUT2D eigenvalue weighted by molar-refractivity contribution is 5.72. The number of fused-ring (bicyclic) bond motifs is 1. The van der Waals surface area contributed by atoms with Crippen LogP contribution in [0.2, 0.25) is 0 Å². The Balaban J connectivity index is 2.19. The topological polar surface area (TPSA) is 94.0 Å². The van der Waals surface area contributed by atoms with Gasteiger partial charge in [-0.1, -0.05) is 0 Å². The molecular weight excluding hydrogens is 236 g/mol. The number of rotatable bonds is 1. The summed E-state index contributed by atoms with van der Waals surface area (Å²) in [5, 5.41) is 13.3. The molecule has 0 spiro atoms. The minimum absolute atomic E-state index is 0.00997. The predicted octanol–water partition coefficient (Wildman–Crippen LogP) is 0.689. The van der Waals surface area contributed by atoms with Gasteiger partial charge in [0.15, 0.2) is 0 Å². The van der Waals surface area contributed by atoms with E-state index < -0.39 is 0 Å². The standard InChI is InChI=1S/C11H8N4O3/c1-15-9(17)3-2-7(14-15)11-13-8-4-6(16)5-12-10(8)18-11/h2-5,16H,1H3. The molecule has 3 heterocycles. The van der Waals surface area contributed by atoms with E-state index in [0.29, 0.717) is 16.9 Å². The van der Waals surface area contributed by atoms with Crippen molar-refractivity contribution in [2.75, 3.05) is 0 Å². The van der Waals surface area contributed by atoms with E-state index >= 15 is 0 Å². The molecule has 0 radical (unpaired) electrons. The predicted molar refractivity (Wildman–Crippen MR) is 61.9 cm³/mol. The van der Waals surface area contributed by atoms with Crippen LogP contribution in [0.15, 0.2) is 33.6 Å². The number of oxazole rings is 1. The SMILES string of the molecule is Cn1nc(-c2nc3cc(O)cnc3o2)ccc1=O. The van der Waals surface area contributed by atoms with Crippen molar-refractivity contribution in [3.05, 3.63) is 34.7 Å². The number of aromatic nitrogens is 4. The van der Waals surface area contributed by atoms with Crippen LogP contribution in [0.5, 0.6) is 5.75 Å². The van der Waals surface area contributed by atoms with Gasteiger partial charge in [-0.2, -0.15) is 5.10 Å². The third kappa shape index (κ3) is 1.61. The Bertz CT molecular complexity index is 790. The molecular formula is C11H8N4O3. The molecule has 7 nitrogen and oxygen atoms in total. The quantitative estimate of drug-likeness (QED) is 0.676. The summed E-state index contributed by atoms with van der Waals surface area (Å²) in [5.74, 6) is 0.259. The fourth-order valence-electron chi connectivity index (χ4n) is 1.54. The zero-order valence-electron chi connectivity index (χ0n) is 9.36. The molecule has 0 aliphatic heterocycles. The molecule has 0 saturated heterocycles. The van der Waals surface area contributed by atoms with Crippen molar-refractivity contribution in [3.8, 4) is 17.3 Å². The third-order valence-electron chi connectivity index (χ3n) is 2.41. The second-order valence-electron chi connectivity index (χ2n) is 3.72. The minimum Gasteiger partial charge on any atom is -0.506 e. The van der Waals surface area contributed by atoms with Gasteiger partial charge in [-0.05, 0) is 6.07 Å². The molecule has 18 heavy (non-hydrogen) atoms. The summed E-state index contributed by atoms with van der Waals surface area (Å²) >= 11 is 0. The maximum Gasteiger partial charge on any atom is 0.266 e. The molecule has 0 unspecified atom stereocenters. The van der Waals surface area contributed by atoms with Crippen LogP contribution in [0.4, 0.5) is 0 Å². The number of nitrogens with zero attached hydrogens (tertiary/aromatic N) is 4. The van der Waals surface area contributed by atoms with E-state index in [1.165, 1.54) is 29.1 Å². The van der Waals surface area contributed by atoms with E-state index in [4.69, 9.17) is 4.42 Å². The van der Waals surface area contributed by atoms with E-state index in [1.54, 1.807) is 7.05 Å². The van der Waals surface area contributed by atoms with Gasteiger partial charge in [-0.15, -0.1) is 0 Å². The molecule has 0 aliphatic rings. The van der Waals surface area contributed by atoms with Gasteiger partial charge in [-0.25, -0.2) is 14.6 Å². The van der Waals surface area contributed by atoms with Crippen LogP contribution in [0.3, 0.4) is 0 Å². The maximum atomic E-state index is 11.2. The van der Waals surface area contributed by atoms with Gasteiger partial charge in [0.2, 0.25) is 11.6 Å². The summed E-state index contributed by atoms with van der Waals surface area (Å²) in [6.45, 7) is 0. The Kier molecular flexibility index (Phi) is 2.12. The normalized spacial score (nSPS) is 10.9. The zero-order chi connectivity index (χ0) is 12.7. The van der Waals surface area contributed by atoms with Crippen molar-refractivity contribution >= 4 is 11.2 Å². The van der Waals surface area contributed by atoms with Crippen molar-refractivity contribution in [1.82, 2.24) is 19.7 Å². The lowest BCUT2D eigenvalue weighted by atomic mass is 10.4. The molecule has 0 atom stereocenters. The van der Waals surface area contributed by atoms with Crippen molar-refractivity contribution in [2.24, 2.45) is 7.05 Å². The van der Waals surface area contributed by atoms with Crippen LogP contribution in [0, 0.1) is 0 Å². The first-order valence-corrected chi connectivity index (χ1v) is 5.14. The average Bonchev–Trinajstić information content (AvgIpc) is 2.75. The summed E-state index contributed by atoms with van der Waals surface area (Å²) in [5.41, 5.74) is 0.944. The first-order chi connectivity index (χ1) is 8.63. The van der Waals surface area contributed by atoms with Crippen molar-refractivity contribution in [2.45, 2.75) is 0 Å². The number of aryl methyl sites for hydroxylation is 1. The number of pyridine rings is 1. The van der Waals surface area contributed by atoms with Gasteiger partial charge >= 0.3 is 0 Å². The molecule has 0 amide bonds. The molecule has 0 bridgehead atoms. The highest BCUT2D eigenvalue weighted by Crippen LogP contribution is 2.22. The highest BCUT2D eigenvalue weighted by atomic mass is 16.4. The number of hydrogen-bond donors (Lipinski definition) is 1. The summed E-state index contributed by atoms with van der Waals surface area (Å²) in [4.78, 5) is 19.3. The first kappa shape index (κ1) is 10.5. The molecule has 3 rings (SSSR count). The van der Waals surface area contributed by atoms with E-state index in [1.807, 2.05) is 0 Å². The van der Waals surface area contributed by atoms with Gasteiger partial charge in [0.25, 0.3) is 5.56 Å². The Labute approximate surface area is 100 Å². The molecule has 0 fully saturated rings. The molecule has 3 aromatic heterocycles. The lowest BCUT2D eigenvalue weighted by Gasteiger charge is -1.96. The fourth-order valence-corrected chi connectivity index (χ4v) is 1.54. The van der Waals surface area contributed by atoms with Gasteiger partial charge in [0.1, 0.15) is 17.0 Å². The molecule has 0 saturated carbocycles. The molecule has 90 valence electrons. The third-order valence-corrected chi connectivity index (χ3v) is 2.41. The Morgan fingerprint density at radius 3 is 3.00 bits per heavy atom. The second kappa shape index (κ2) is 3.66. The zero-order valence-corrected chi connectivity index (χ0v) is 9.36. The van der Waals surface area contributed by atoms with E-state index in [9.17, 15) is 9.90 Å².